The summed E-state index contributed by atoms with van der Waals surface area (Å²) in [6.45, 7) is 4.18. The smallest absolute Gasteiger partial charge is 0.182 e. The molecule has 19 heavy (non-hydrogen) atoms. The molecule has 0 unspecified atom stereocenters. The third kappa shape index (κ3) is 2.09. The van der Waals surface area contributed by atoms with Crippen molar-refractivity contribution in [3.8, 4) is 5.69 Å². The molecule has 0 radical (unpaired) electrons. The van der Waals surface area contributed by atoms with E-state index in [9.17, 15) is 0 Å². The fourth-order valence-electron chi connectivity index (χ4n) is 2.37. The van der Waals surface area contributed by atoms with Crippen LogP contribution in [0.2, 0.25) is 5.02 Å². The monoisotopic (exact) mass is 288 g/mol. The topological polar surface area (TPSA) is 20.7 Å². The zero-order valence-corrected chi connectivity index (χ0v) is 12.3. The molecule has 1 N–H and O–H groups in total. The molecule has 0 saturated carbocycles. The van der Waals surface area contributed by atoms with Gasteiger partial charge in [-0.05, 0) is 55.9 Å². The number of fused-ring (bicyclic) bond motifs is 1. The minimum atomic E-state index is 0.684. The number of imidazole rings is 1. The van der Waals surface area contributed by atoms with Crippen LogP contribution in [-0.2, 0) is 0 Å². The van der Waals surface area contributed by atoms with Crippen LogP contribution in [-0.4, -0.2) is 9.55 Å². The molecular formula is C15H13ClN2S. The van der Waals surface area contributed by atoms with E-state index in [1.165, 1.54) is 11.1 Å². The first-order chi connectivity index (χ1) is 9.06. The second kappa shape index (κ2) is 4.51. The lowest BCUT2D eigenvalue weighted by atomic mass is 10.1. The average Bonchev–Trinajstić information content (AvgIpc) is 2.65. The summed E-state index contributed by atoms with van der Waals surface area (Å²) < 4.78 is 2.72. The Bertz CT molecular complexity index is 830. The van der Waals surface area contributed by atoms with Crippen LogP contribution in [0.4, 0.5) is 0 Å². The van der Waals surface area contributed by atoms with Gasteiger partial charge in [-0.2, -0.15) is 0 Å². The molecular weight excluding hydrogens is 276 g/mol. The van der Waals surface area contributed by atoms with Crippen molar-refractivity contribution in [1.29, 1.82) is 0 Å². The molecule has 0 spiro atoms. The SMILES string of the molecule is Cc1ccc(-n2c(=S)[nH]c3ccc(Cl)cc32)c(C)c1. The predicted octanol–water partition coefficient (Wildman–Crippen LogP) is 4.96. The maximum Gasteiger partial charge on any atom is 0.182 e. The van der Waals surface area contributed by atoms with E-state index in [1.807, 2.05) is 22.8 Å². The fourth-order valence-corrected chi connectivity index (χ4v) is 2.84. The summed E-state index contributed by atoms with van der Waals surface area (Å²) in [4.78, 5) is 3.21. The van der Waals surface area contributed by atoms with Crippen LogP contribution in [0.3, 0.4) is 0 Å². The number of aromatic amines is 1. The van der Waals surface area contributed by atoms with Gasteiger partial charge < -0.3 is 4.98 Å². The van der Waals surface area contributed by atoms with Gasteiger partial charge in [0.05, 0.1) is 16.7 Å². The highest BCUT2D eigenvalue weighted by atomic mass is 35.5. The van der Waals surface area contributed by atoms with Crippen LogP contribution >= 0.6 is 23.8 Å². The Morgan fingerprint density at radius 2 is 1.89 bits per heavy atom. The van der Waals surface area contributed by atoms with E-state index in [0.717, 1.165) is 16.7 Å². The maximum absolute atomic E-state index is 6.09. The van der Waals surface area contributed by atoms with Crippen LogP contribution in [0, 0.1) is 18.6 Å². The largest absolute Gasteiger partial charge is 0.330 e. The molecule has 0 atom stereocenters. The molecule has 4 heteroatoms. The van der Waals surface area contributed by atoms with Crippen molar-refractivity contribution in [3.63, 3.8) is 0 Å². The Labute approximate surface area is 121 Å². The lowest BCUT2D eigenvalue weighted by Gasteiger charge is -2.09. The first kappa shape index (κ1) is 12.5. The molecule has 3 aromatic rings. The standard InChI is InChI=1S/C15H13ClN2S/c1-9-3-6-13(10(2)7-9)18-14-8-11(16)4-5-12(14)17-15(18)19/h3-8H,1-2H3,(H,17,19). The van der Waals surface area contributed by atoms with Gasteiger partial charge in [0, 0.05) is 5.02 Å². The van der Waals surface area contributed by atoms with Crippen molar-refractivity contribution in [3.05, 3.63) is 57.3 Å². The minimum Gasteiger partial charge on any atom is -0.330 e. The quantitative estimate of drug-likeness (QED) is 0.628. The van der Waals surface area contributed by atoms with Crippen molar-refractivity contribution in [1.82, 2.24) is 9.55 Å². The third-order valence-electron chi connectivity index (χ3n) is 3.24. The van der Waals surface area contributed by atoms with E-state index in [1.54, 1.807) is 0 Å². The van der Waals surface area contributed by atoms with E-state index < -0.39 is 0 Å². The average molecular weight is 289 g/mol. The minimum absolute atomic E-state index is 0.684. The molecule has 0 bridgehead atoms. The molecule has 1 heterocycles. The zero-order valence-electron chi connectivity index (χ0n) is 10.7. The van der Waals surface area contributed by atoms with Crippen molar-refractivity contribution < 1.29 is 0 Å². The second-order valence-electron chi connectivity index (χ2n) is 4.72. The number of halogens is 1. The first-order valence-corrected chi connectivity index (χ1v) is 6.83. The molecule has 0 saturated heterocycles. The van der Waals surface area contributed by atoms with Crippen LogP contribution in [0.25, 0.3) is 16.7 Å². The normalized spacial score (nSPS) is 11.1. The number of H-pyrrole nitrogens is 1. The summed E-state index contributed by atoms with van der Waals surface area (Å²) in [5.74, 6) is 0. The van der Waals surface area contributed by atoms with Crippen LogP contribution < -0.4 is 0 Å². The fraction of sp³-hybridized carbons (Fsp3) is 0.133. The predicted molar refractivity (Wildman–Crippen MR) is 82.9 cm³/mol. The lowest BCUT2D eigenvalue weighted by molar-refractivity contribution is 1.05. The Hall–Kier alpha value is -1.58. The number of nitrogens with zero attached hydrogens (tertiary/aromatic N) is 1. The highest BCUT2D eigenvalue weighted by Gasteiger charge is 2.09. The molecule has 2 aromatic carbocycles. The van der Waals surface area contributed by atoms with Gasteiger partial charge in [0.1, 0.15) is 0 Å². The summed E-state index contributed by atoms with van der Waals surface area (Å²) in [7, 11) is 0. The number of hydrogen-bond donors (Lipinski definition) is 1. The molecule has 0 fully saturated rings. The molecule has 3 rings (SSSR count). The number of hydrogen-bond acceptors (Lipinski definition) is 1. The Morgan fingerprint density at radius 1 is 1.11 bits per heavy atom. The molecule has 0 aliphatic heterocycles. The van der Waals surface area contributed by atoms with Gasteiger partial charge in [-0.3, -0.25) is 4.57 Å². The van der Waals surface area contributed by atoms with Gasteiger partial charge in [-0.1, -0.05) is 29.3 Å². The molecule has 1 aromatic heterocycles. The van der Waals surface area contributed by atoms with Crippen LogP contribution in [0.1, 0.15) is 11.1 Å². The summed E-state index contributed by atoms with van der Waals surface area (Å²) >= 11 is 11.5. The van der Waals surface area contributed by atoms with E-state index in [-0.39, 0.29) is 0 Å². The van der Waals surface area contributed by atoms with Gasteiger partial charge >= 0.3 is 0 Å². The van der Waals surface area contributed by atoms with Gasteiger partial charge in [-0.25, -0.2) is 0 Å². The van der Waals surface area contributed by atoms with Gasteiger partial charge in [0.15, 0.2) is 4.77 Å². The van der Waals surface area contributed by atoms with Crippen molar-refractivity contribution in [2.45, 2.75) is 13.8 Å². The van der Waals surface area contributed by atoms with Crippen molar-refractivity contribution >= 4 is 34.9 Å². The van der Waals surface area contributed by atoms with Crippen molar-refractivity contribution in [2.75, 3.05) is 0 Å². The zero-order chi connectivity index (χ0) is 13.6. The van der Waals surface area contributed by atoms with E-state index in [4.69, 9.17) is 23.8 Å². The highest BCUT2D eigenvalue weighted by molar-refractivity contribution is 7.71. The number of benzene rings is 2. The number of aromatic nitrogens is 2. The number of rotatable bonds is 1. The number of nitrogens with one attached hydrogen (secondary N) is 1. The maximum atomic E-state index is 6.09. The van der Waals surface area contributed by atoms with Gasteiger partial charge in [0.25, 0.3) is 0 Å². The van der Waals surface area contributed by atoms with Gasteiger partial charge in [0.2, 0.25) is 0 Å². The van der Waals surface area contributed by atoms with Gasteiger partial charge in [-0.15, -0.1) is 0 Å². The van der Waals surface area contributed by atoms with Crippen LogP contribution in [0.5, 0.6) is 0 Å². The molecule has 0 amide bonds. The summed E-state index contributed by atoms with van der Waals surface area (Å²) in [6.07, 6.45) is 0. The van der Waals surface area contributed by atoms with E-state index in [0.29, 0.717) is 9.79 Å². The Balaban J connectivity index is 2.38. The molecule has 0 aliphatic carbocycles. The second-order valence-corrected chi connectivity index (χ2v) is 5.54. The first-order valence-electron chi connectivity index (χ1n) is 6.04. The summed E-state index contributed by atoms with van der Waals surface area (Å²) in [6, 6.07) is 12.1. The lowest BCUT2D eigenvalue weighted by Crippen LogP contribution is -1.97. The van der Waals surface area contributed by atoms with E-state index in [2.05, 4.69) is 37.0 Å². The summed E-state index contributed by atoms with van der Waals surface area (Å²) in [5, 5.41) is 0.708. The highest BCUT2D eigenvalue weighted by Crippen LogP contribution is 2.25. The Kier molecular flexibility index (Phi) is 2.96. The third-order valence-corrected chi connectivity index (χ3v) is 3.76. The van der Waals surface area contributed by atoms with Crippen LogP contribution in [0.15, 0.2) is 36.4 Å². The molecule has 2 nitrogen and oxygen atoms in total. The van der Waals surface area contributed by atoms with Crippen molar-refractivity contribution in [2.24, 2.45) is 0 Å². The molecule has 96 valence electrons. The Morgan fingerprint density at radius 3 is 2.63 bits per heavy atom. The number of aryl methyl sites for hydroxylation is 2. The molecule has 0 aliphatic rings. The van der Waals surface area contributed by atoms with E-state index >= 15 is 0 Å². The summed E-state index contributed by atoms with van der Waals surface area (Å²) in [5.41, 5.74) is 5.52.